The number of aryl methyl sites for hydroxylation is 1. The van der Waals surface area contributed by atoms with E-state index in [0.29, 0.717) is 6.42 Å². The maximum atomic E-state index is 11.9. The van der Waals surface area contributed by atoms with Crippen LogP contribution in [0.2, 0.25) is 0 Å². The van der Waals surface area contributed by atoms with Crippen LogP contribution in [0.25, 0.3) is 6.08 Å². The molecule has 2 unspecified atom stereocenters. The second-order valence-corrected chi connectivity index (χ2v) is 5.18. The summed E-state index contributed by atoms with van der Waals surface area (Å²) in [4.78, 5) is 22.9. The third kappa shape index (κ3) is 3.47. The van der Waals surface area contributed by atoms with Gasteiger partial charge in [-0.1, -0.05) is 30.7 Å². The fourth-order valence-corrected chi connectivity index (χ4v) is 2.60. The number of aliphatic carboxylic acids is 1. The van der Waals surface area contributed by atoms with Gasteiger partial charge >= 0.3 is 5.97 Å². The van der Waals surface area contributed by atoms with Crippen LogP contribution in [0.1, 0.15) is 30.4 Å². The second kappa shape index (κ2) is 6.37. The van der Waals surface area contributed by atoms with Gasteiger partial charge in [-0.2, -0.15) is 0 Å². The Morgan fingerprint density at radius 1 is 1.30 bits per heavy atom. The summed E-state index contributed by atoms with van der Waals surface area (Å²) >= 11 is 0. The molecule has 0 heterocycles. The number of rotatable bonds is 4. The van der Waals surface area contributed by atoms with E-state index in [0.717, 1.165) is 24.0 Å². The Hall–Kier alpha value is -2.10. The van der Waals surface area contributed by atoms with Crippen molar-refractivity contribution in [3.05, 3.63) is 41.5 Å². The zero-order valence-electron chi connectivity index (χ0n) is 11.5. The molecule has 1 amide bonds. The maximum absolute atomic E-state index is 11.9. The van der Waals surface area contributed by atoms with Gasteiger partial charge in [0.15, 0.2) is 0 Å². The lowest BCUT2D eigenvalue weighted by atomic mass is 10.0. The predicted octanol–water partition coefficient (Wildman–Crippen LogP) is 2.38. The number of nitrogens with one attached hydrogen (secondary N) is 1. The largest absolute Gasteiger partial charge is 0.481 e. The summed E-state index contributed by atoms with van der Waals surface area (Å²) in [5.74, 6) is -1.51. The number of amides is 1. The molecule has 20 heavy (non-hydrogen) atoms. The van der Waals surface area contributed by atoms with Gasteiger partial charge < -0.3 is 10.4 Å². The third-order valence-corrected chi connectivity index (χ3v) is 3.76. The minimum absolute atomic E-state index is 0.230. The second-order valence-electron chi connectivity index (χ2n) is 5.18. The van der Waals surface area contributed by atoms with Crippen molar-refractivity contribution in [1.82, 2.24) is 5.32 Å². The van der Waals surface area contributed by atoms with Gasteiger partial charge in [0.25, 0.3) is 0 Å². The van der Waals surface area contributed by atoms with Gasteiger partial charge in [0.2, 0.25) is 5.91 Å². The Balaban J connectivity index is 1.96. The van der Waals surface area contributed by atoms with Crippen LogP contribution in [0.4, 0.5) is 0 Å². The number of carboxylic acid groups (broad SMARTS) is 1. The molecule has 0 radical (unpaired) electrons. The van der Waals surface area contributed by atoms with Gasteiger partial charge in [0.1, 0.15) is 0 Å². The number of hydrogen-bond donors (Lipinski definition) is 2. The van der Waals surface area contributed by atoms with Crippen molar-refractivity contribution in [2.75, 3.05) is 0 Å². The minimum Gasteiger partial charge on any atom is -0.481 e. The van der Waals surface area contributed by atoms with Crippen molar-refractivity contribution in [3.8, 4) is 0 Å². The lowest BCUT2D eigenvalue weighted by molar-refractivity contribution is -0.142. The highest BCUT2D eigenvalue weighted by Gasteiger charge is 2.33. The molecule has 2 atom stereocenters. The van der Waals surface area contributed by atoms with Crippen LogP contribution in [0, 0.1) is 12.8 Å². The van der Waals surface area contributed by atoms with E-state index in [1.807, 2.05) is 31.2 Å². The standard InChI is InChI=1S/C16H19NO3/c1-11-5-2-3-6-12(11)9-10-15(18)17-14-8-4-7-13(14)16(19)20/h2-3,5-6,9-10,13-14H,4,7-8H2,1H3,(H,17,18)(H,19,20). The Morgan fingerprint density at radius 2 is 2.05 bits per heavy atom. The van der Waals surface area contributed by atoms with Crippen LogP contribution in [0.15, 0.2) is 30.3 Å². The van der Waals surface area contributed by atoms with Crippen molar-refractivity contribution in [2.45, 2.75) is 32.2 Å². The summed E-state index contributed by atoms with van der Waals surface area (Å²) in [5, 5.41) is 11.9. The summed E-state index contributed by atoms with van der Waals surface area (Å²) < 4.78 is 0. The summed E-state index contributed by atoms with van der Waals surface area (Å²) in [6, 6.07) is 7.54. The summed E-state index contributed by atoms with van der Waals surface area (Å²) in [5.41, 5.74) is 2.09. The molecule has 2 rings (SSSR count). The third-order valence-electron chi connectivity index (χ3n) is 3.76. The zero-order valence-corrected chi connectivity index (χ0v) is 11.5. The van der Waals surface area contributed by atoms with Crippen LogP contribution in [-0.4, -0.2) is 23.0 Å². The highest BCUT2D eigenvalue weighted by Crippen LogP contribution is 2.25. The number of carbonyl (C=O) groups is 2. The number of hydrogen-bond acceptors (Lipinski definition) is 2. The van der Waals surface area contributed by atoms with Crippen molar-refractivity contribution in [3.63, 3.8) is 0 Å². The molecular formula is C16H19NO3. The first kappa shape index (κ1) is 14.3. The number of carbonyl (C=O) groups excluding carboxylic acids is 1. The molecule has 0 aromatic heterocycles. The molecule has 4 nitrogen and oxygen atoms in total. The van der Waals surface area contributed by atoms with Crippen LogP contribution in [-0.2, 0) is 9.59 Å². The van der Waals surface area contributed by atoms with Crippen LogP contribution in [0.5, 0.6) is 0 Å². The van der Waals surface area contributed by atoms with E-state index in [9.17, 15) is 9.59 Å². The molecule has 0 bridgehead atoms. The van der Waals surface area contributed by atoms with E-state index in [2.05, 4.69) is 5.32 Å². The molecule has 1 aliphatic rings. The van der Waals surface area contributed by atoms with Gasteiger partial charge in [0.05, 0.1) is 5.92 Å². The molecular weight excluding hydrogens is 254 g/mol. The smallest absolute Gasteiger partial charge is 0.308 e. The highest BCUT2D eigenvalue weighted by atomic mass is 16.4. The Labute approximate surface area is 118 Å². The first-order valence-corrected chi connectivity index (χ1v) is 6.85. The molecule has 1 aromatic rings. The molecule has 0 spiro atoms. The van der Waals surface area contributed by atoms with Crippen molar-refractivity contribution >= 4 is 18.0 Å². The lowest BCUT2D eigenvalue weighted by Crippen LogP contribution is -2.39. The molecule has 1 aliphatic carbocycles. The Kier molecular flexibility index (Phi) is 4.56. The Bertz CT molecular complexity index is 536. The van der Waals surface area contributed by atoms with Crippen LogP contribution >= 0.6 is 0 Å². The van der Waals surface area contributed by atoms with E-state index in [-0.39, 0.29) is 11.9 Å². The highest BCUT2D eigenvalue weighted by molar-refractivity contribution is 5.92. The lowest BCUT2D eigenvalue weighted by Gasteiger charge is -2.16. The molecule has 2 N–H and O–H groups in total. The number of carboxylic acids is 1. The summed E-state index contributed by atoms with van der Waals surface area (Å²) in [7, 11) is 0. The Morgan fingerprint density at radius 3 is 2.75 bits per heavy atom. The first-order chi connectivity index (χ1) is 9.58. The quantitative estimate of drug-likeness (QED) is 0.828. The van der Waals surface area contributed by atoms with Crippen molar-refractivity contribution in [2.24, 2.45) is 5.92 Å². The average molecular weight is 273 g/mol. The molecule has 106 valence electrons. The average Bonchev–Trinajstić information content (AvgIpc) is 2.86. The van der Waals surface area contributed by atoms with E-state index in [1.54, 1.807) is 6.08 Å². The van der Waals surface area contributed by atoms with Crippen molar-refractivity contribution < 1.29 is 14.7 Å². The van der Waals surface area contributed by atoms with E-state index in [1.165, 1.54) is 6.08 Å². The monoisotopic (exact) mass is 273 g/mol. The van der Waals surface area contributed by atoms with Gasteiger partial charge in [-0.15, -0.1) is 0 Å². The van der Waals surface area contributed by atoms with Gasteiger partial charge in [-0.3, -0.25) is 9.59 Å². The van der Waals surface area contributed by atoms with Crippen LogP contribution in [0.3, 0.4) is 0 Å². The minimum atomic E-state index is -0.823. The van der Waals surface area contributed by atoms with E-state index >= 15 is 0 Å². The van der Waals surface area contributed by atoms with Crippen LogP contribution < -0.4 is 5.32 Å². The zero-order chi connectivity index (χ0) is 14.5. The van der Waals surface area contributed by atoms with Gasteiger partial charge in [0, 0.05) is 12.1 Å². The van der Waals surface area contributed by atoms with Gasteiger partial charge in [-0.05, 0) is 37.0 Å². The first-order valence-electron chi connectivity index (χ1n) is 6.85. The summed E-state index contributed by atoms with van der Waals surface area (Å²) in [6.45, 7) is 1.98. The predicted molar refractivity (Wildman–Crippen MR) is 77.1 cm³/mol. The molecule has 4 heteroatoms. The van der Waals surface area contributed by atoms with E-state index in [4.69, 9.17) is 5.11 Å². The van der Waals surface area contributed by atoms with Gasteiger partial charge in [-0.25, -0.2) is 0 Å². The normalized spacial score (nSPS) is 22.1. The van der Waals surface area contributed by atoms with Crippen molar-refractivity contribution in [1.29, 1.82) is 0 Å². The summed E-state index contributed by atoms with van der Waals surface area (Å²) in [6.07, 6.45) is 5.46. The van der Waals surface area contributed by atoms with E-state index < -0.39 is 11.9 Å². The molecule has 1 aromatic carbocycles. The molecule has 0 aliphatic heterocycles. The molecule has 1 saturated carbocycles. The number of benzene rings is 1. The molecule has 0 saturated heterocycles. The SMILES string of the molecule is Cc1ccccc1C=CC(=O)NC1CCCC1C(=O)O. The topological polar surface area (TPSA) is 66.4 Å². The maximum Gasteiger partial charge on any atom is 0.308 e. The molecule has 1 fully saturated rings. The fraction of sp³-hybridized carbons (Fsp3) is 0.375. The fourth-order valence-electron chi connectivity index (χ4n) is 2.60.